The second kappa shape index (κ2) is 6.23. The van der Waals surface area contributed by atoms with Gasteiger partial charge in [-0.3, -0.25) is 13.9 Å². The van der Waals surface area contributed by atoms with Gasteiger partial charge in [-0.1, -0.05) is 0 Å². The second-order valence-corrected chi connectivity index (χ2v) is 5.86. The highest BCUT2D eigenvalue weighted by Crippen LogP contribution is 2.31. The molecule has 0 bridgehead atoms. The van der Waals surface area contributed by atoms with Crippen LogP contribution in [0.2, 0.25) is 0 Å². The van der Waals surface area contributed by atoms with Crippen molar-refractivity contribution in [1.82, 2.24) is 9.13 Å². The second-order valence-electron chi connectivity index (χ2n) is 4.84. The quantitative estimate of drug-likeness (QED) is 0.633. The third-order valence-corrected chi connectivity index (χ3v) is 4.31. The summed E-state index contributed by atoms with van der Waals surface area (Å²) in [6.45, 7) is 1.48. The first-order valence-corrected chi connectivity index (χ1v) is 7.37. The summed E-state index contributed by atoms with van der Waals surface area (Å²) in [5, 5.41) is 0. The molecule has 124 valence electrons. The third kappa shape index (κ3) is 3.84. The number of hydrogen-bond acceptors (Lipinski definition) is 3. The molecule has 0 unspecified atom stereocenters. The van der Waals surface area contributed by atoms with Crippen LogP contribution >= 0.6 is 11.8 Å². The highest BCUT2D eigenvalue weighted by atomic mass is 32.2. The van der Waals surface area contributed by atoms with E-state index >= 15 is 0 Å². The van der Waals surface area contributed by atoms with E-state index in [1.54, 1.807) is 0 Å². The first-order valence-electron chi connectivity index (χ1n) is 6.39. The van der Waals surface area contributed by atoms with Gasteiger partial charge in [0.1, 0.15) is 5.82 Å². The minimum atomic E-state index is -4.36. The molecule has 0 N–H and O–H groups in total. The average molecular weight is 348 g/mol. The van der Waals surface area contributed by atoms with Crippen LogP contribution in [-0.2, 0) is 7.05 Å². The number of hydrogen-bond donors (Lipinski definition) is 0. The van der Waals surface area contributed by atoms with E-state index in [1.807, 2.05) is 0 Å². The van der Waals surface area contributed by atoms with Crippen molar-refractivity contribution in [2.24, 2.45) is 7.05 Å². The average Bonchev–Trinajstić information content (AvgIpc) is 2.44. The van der Waals surface area contributed by atoms with E-state index in [2.05, 4.69) is 0 Å². The van der Waals surface area contributed by atoms with Gasteiger partial charge in [0.15, 0.2) is 0 Å². The number of rotatable bonds is 3. The largest absolute Gasteiger partial charge is 0.398 e. The Balaban J connectivity index is 2.54. The number of thioether (sulfide) groups is 1. The lowest BCUT2D eigenvalue weighted by atomic mass is 10.2. The van der Waals surface area contributed by atoms with Crippen molar-refractivity contribution >= 4 is 11.8 Å². The van der Waals surface area contributed by atoms with Crippen LogP contribution in [0.3, 0.4) is 0 Å². The molecule has 1 aromatic carbocycles. The minimum absolute atomic E-state index is 0.208. The molecule has 0 amide bonds. The van der Waals surface area contributed by atoms with Crippen molar-refractivity contribution in [3.05, 3.63) is 56.6 Å². The van der Waals surface area contributed by atoms with Crippen LogP contribution < -0.4 is 11.2 Å². The van der Waals surface area contributed by atoms with Crippen molar-refractivity contribution in [1.29, 1.82) is 0 Å². The van der Waals surface area contributed by atoms with Gasteiger partial charge in [-0.25, -0.2) is 9.18 Å². The summed E-state index contributed by atoms with van der Waals surface area (Å²) in [7, 11) is 1.23. The van der Waals surface area contributed by atoms with Crippen molar-refractivity contribution in [3.8, 4) is 5.69 Å². The highest BCUT2D eigenvalue weighted by molar-refractivity contribution is 7.99. The Kier molecular flexibility index (Phi) is 4.69. The number of alkyl halides is 3. The molecule has 0 aliphatic heterocycles. The molecule has 4 nitrogen and oxygen atoms in total. The van der Waals surface area contributed by atoms with Gasteiger partial charge in [-0.05, 0) is 24.6 Å². The van der Waals surface area contributed by atoms with E-state index in [4.69, 9.17) is 0 Å². The van der Waals surface area contributed by atoms with Crippen molar-refractivity contribution in [2.45, 2.75) is 18.0 Å². The molecule has 1 aromatic heterocycles. The summed E-state index contributed by atoms with van der Waals surface area (Å²) in [5.74, 6) is -1.89. The van der Waals surface area contributed by atoms with Crippen molar-refractivity contribution in [2.75, 3.05) is 5.75 Å². The molecular formula is C14H12F4N2O2S. The molecule has 1 heterocycles. The van der Waals surface area contributed by atoms with Crippen LogP contribution in [0.15, 0.2) is 38.9 Å². The molecule has 0 radical (unpaired) electrons. The first kappa shape index (κ1) is 17.3. The predicted molar refractivity (Wildman–Crippen MR) is 78.8 cm³/mol. The van der Waals surface area contributed by atoms with Gasteiger partial charge in [0.2, 0.25) is 0 Å². The van der Waals surface area contributed by atoms with Crippen molar-refractivity contribution in [3.63, 3.8) is 0 Å². The summed E-state index contributed by atoms with van der Waals surface area (Å²) < 4.78 is 52.8. The standard InChI is InChI=1S/C14H12F4N2O2S/c1-8-5-9(15)10(6-11(8)23-7-14(16,17)18)20-4-3-12(21)19(2)13(20)22/h3-6H,7H2,1-2H3. The fourth-order valence-corrected chi connectivity index (χ4v) is 2.70. The summed E-state index contributed by atoms with van der Waals surface area (Å²) in [6, 6.07) is 3.31. The summed E-state index contributed by atoms with van der Waals surface area (Å²) in [5.41, 5.74) is -1.23. The smallest absolute Gasteiger partial charge is 0.269 e. The lowest BCUT2D eigenvalue weighted by Gasteiger charge is -2.13. The fraction of sp³-hybridized carbons (Fsp3) is 0.286. The predicted octanol–water partition coefficient (Wildman–Crippen LogP) is 2.64. The molecule has 0 aliphatic carbocycles. The lowest BCUT2D eigenvalue weighted by Crippen LogP contribution is -2.36. The topological polar surface area (TPSA) is 44.0 Å². The van der Waals surface area contributed by atoms with E-state index in [0.717, 1.165) is 27.5 Å². The molecule has 0 saturated heterocycles. The first-order chi connectivity index (χ1) is 10.6. The molecule has 9 heteroatoms. The number of halogens is 4. The monoisotopic (exact) mass is 348 g/mol. The summed E-state index contributed by atoms with van der Waals surface area (Å²) >= 11 is 0.509. The normalized spacial score (nSPS) is 11.7. The SMILES string of the molecule is Cc1cc(F)c(-n2ccc(=O)n(C)c2=O)cc1SCC(F)(F)F. The highest BCUT2D eigenvalue weighted by Gasteiger charge is 2.27. The maximum atomic E-state index is 14.1. The van der Waals surface area contributed by atoms with E-state index in [9.17, 15) is 27.2 Å². The maximum Gasteiger partial charge on any atom is 0.398 e. The Morgan fingerprint density at radius 1 is 1.22 bits per heavy atom. The van der Waals surface area contributed by atoms with Crippen LogP contribution in [0.5, 0.6) is 0 Å². The summed E-state index contributed by atoms with van der Waals surface area (Å²) in [6.07, 6.45) is -3.27. The Hall–Kier alpha value is -2.03. The maximum absolute atomic E-state index is 14.1. The Morgan fingerprint density at radius 2 is 1.87 bits per heavy atom. The molecule has 0 aliphatic rings. The van der Waals surface area contributed by atoms with Gasteiger partial charge in [0, 0.05) is 24.2 Å². The van der Waals surface area contributed by atoms with Gasteiger partial charge in [-0.15, -0.1) is 11.8 Å². The molecule has 0 atom stereocenters. The van der Waals surface area contributed by atoms with Gasteiger partial charge in [-0.2, -0.15) is 13.2 Å². The van der Waals surface area contributed by atoms with E-state index in [1.165, 1.54) is 20.0 Å². The number of benzene rings is 1. The van der Waals surface area contributed by atoms with Gasteiger partial charge in [0.05, 0.1) is 11.4 Å². The zero-order valence-electron chi connectivity index (χ0n) is 12.1. The Bertz CT molecular complexity index is 855. The van der Waals surface area contributed by atoms with Gasteiger partial charge >= 0.3 is 11.9 Å². The zero-order chi connectivity index (χ0) is 17.4. The van der Waals surface area contributed by atoms with Gasteiger partial charge < -0.3 is 0 Å². The van der Waals surface area contributed by atoms with E-state index in [-0.39, 0.29) is 10.6 Å². The van der Waals surface area contributed by atoms with Crippen LogP contribution in [0.4, 0.5) is 17.6 Å². The molecule has 23 heavy (non-hydrogen) atoms. The molecular weight excluding hydrogens is 336 g/mol. The zero-order valence-corrected chi connectivity index (χ0v) is 13.0. The van der Waals surface area contributed by atoms with Crippen LogP contribution in [0.25, 0.3) is 5.69 Å². The lowest BCUT2D eigenvalue weighted by molar-refractivity contribution is -0.105. The number of aromatic nitrogens is 2. The van der Waals surface area contributed by atoms with Crippen LogP contribution in [-0.4, -0.2) is 21.1 Å². The number of nitrogens with zero attached hydrogens (tertiary/aromatic N) is 2. The van der Waals surface area contributed by atoms with Crippen molar-refractivity contribution < 1.29 is 17.6 Å². The third-order valence-electron chi connectivity index (χ3n) is 3.09. The molecule has 2 aromatic rings. The Morgan fingerprint density at radius 3 is 2.48 bits per heavy atom. The molecule has 2 rings (SSSR count). The van der Waals surface area contributed by atoms with E-state index < -0.39 is 29.0 Å². The molecule has 0 fully saturated rings. The number of aryl methyl sites for hydroxylation is 1. The van der Waals surface area contributed by atoms with Gasteiger partial charge in [0.25, 0.3) is 5.56 Å². The Labute approximate surface area is 132 Å². The molecule has 0 saturated carbocycles. The van der Waals surface area contributed by atoms with Crippen LogP contribution in [0, 0.1) is 12.7 Å². The van der Waals surface area contributed by atoms with Crippen LogP contribution in [0.1, 0.15) is 5.56 Å². The summed E-state index contributed by atoms with van der Waals surface area (Å²) in [4.78, 5) is 23.6. The fourth-order valence-electron chi connectivity index (χ4n) is 1.89. The van der Waals surface area contributed by atoms with E-state index in [0.29, 0.717) is 17.3 Å². The minimum Gasteiger partial charge on any atom is -0.269 e. The molecule has 0 spiro atoms.